The second-order valence-corrected chi connectivity index (χ2v) is 6.89. The zero-order chi connectivity index (χ0) is 14.9. The van der Waals surface area contributed by atoms with Crippen molar-refractivity contribution in [3.8, 4) is 0 Å². The highest BCUT2D eigenvalue weighted by Crippen LogP contribution is 2.33. The summed E-state index contributed by atoms with van der Waals surface area (Å²) in [6.07, 6.45) is 2.42. The number of nitrogens with zero attached hydrogens (tertiary/aromatic N) is 2. The third kappa shape index (κ3) is 3.51. The smallest absolute Gasteiger partial charge is 0.306 e. The summed E-state index contributed by atoms with van der Waals surface area (Å²) in [6.45, 7) is 7.07. The van der Waals surface area contributed by atoms with Gasteiger partial charge in [-0.25, -0.2) is 0 Å². The monoisotopic (exact) mass is 284 g/mol. The van der Waals surface area contributed by atoms with Crippen LogP contribution in [-0.2, 0) is 4.79 Å². The van der Waals surface area contributed by atoms with Gasteiger partial charge in [-0.15, -0.1) is 0 Å². The SMILES string of the molecule is CC1CN(CC2(O)CCC(C(=O)O)CC2)CC(C)N1C. The number of carboxylic acids is 1. The van der Waals surface area contributed by atoms with Crippen LogP contribution in [0.2, 0.25) is 0 Å². The van der Waals surface area contributed by atoms with Gasteiger partial charge in [0.15, 0.2) is 0 Å². The van der Waals surface area contributed by atoms with Crippen LogP contribution in [0.5, 0.6) is 0 Å². The summed E-state index contributed by atoms with van der Waals surface area (Å²) in [7, 11) is 2.15. The quantitative estimate of drug-likeness (QED) is 0.810. The van der Waals surface area contributed by atoms with E-state index in [4.69, 9.17) is 5.11 Å². The van der Waals surface area contributed by atoms with Crippen LogP contribution in [-0.4, -0.2) is 70.3 Å². The van der Waals surface area contributed by atoms with E-state index in [9.17, 15) is 9.90 Å². The summed E-state index contributed by atoms with van der Waals surface area (Å²) in [4.78, 5) is 15.7. The van der Waals surface area contributed by atoms with Crippen molar-refractivity contribution in [3.05, 3.63) is 0 Å². The van der Waals surface area contributed by atoms with Crippen molar-refractivity contribution in [2.45, 2.75) is 57.2 Å². The van der Waals surface area contributed by atoms with E-state index >= 15 is 0 Å². The maximum atomic E-state index is 11.0. The lowest BCUT2D eigenvalue weighted by molar-refractivity contribution is -0.145. The molecule has 1 aliphatic heterocycles. The van der Waals surface area contributed by atoms with Gasteiger partial charge in [-0.05, 0) is 46.6 Å². The topological polar surface area (TPSA) is 64.0 Å². The number of aliphatic hydroxyl groups is 1. The van der Waals surface area contributed by atoms with Crippen LogP contribution >= 0.6 is 0 Å². The lowest BCUT2D eigenvalue weighted by Gasteiger charge is -2.46. The number of likely N-dealkylation sites (N-methyl/N-ethyl adjacent to an activating group) is 1. The van der Waals surface area contributed by atoms with Crippen LogP contribution in [0.25, 0.3) is 0 Å². The van der Waals surface area contributed by atoms with Gasteiger partial charge in [0, 0.05) is 31.7 Å². The lowest BCUT2D eigenvalue weighted by Crippen LogP contribution is -2.58. The summed E-state index contributed by atoms with van der Waals surface area (Å²) in [5, 5.41) is 19.7. The Morgan fingerprint density at radius 3 is 2.15 bits per heavy atom. The van der Waals surface area contributed by atoms with Crippen LogP contribution < -0.4 is 0 Å². The number of hydrogen-bond acceptors (Lipinski definition) is 4. The Morgan fingerprint density at radius 2 is 1.70 bits per heavy atom. The average molecular weight is 284 g/mol. The first-order valence-electron chi connectivity index (χ1n) is 7.70. The van der Waals surface area contributed by atoms with Gasteiger partial charge in [0.25, 0.3) is 0 Å². The molecular formula is C15H28N2O3. The Balaban J connectivity index is 1.88. The Kier molecular flexibility index (Phi) is 4.72. The van der Waals surface area contributed by atoms with Crippen molar-refractivity contribution in [1.82, 2.24) is 9.80 Å². The van der Waals surface area contributed by atoms with E-state index in [2.05, 4.69) is 30.7 Å². The molecule has 2 unspecified atom stereocenters. The Labute approximate surface area is 121 Å². The standard InChI is InChI=1S/C15H28N2O3/c1-11-8-17(9-12(2)16(11)3)10-15(20)6-4-13(5-7-15)14(18)19/h11-13,20H,4-10H2,1-3H3,(H,18,19). The van der Waals surface area contributed by atoms with Crippen molar-refractivity contribution in [1.29, 1.82) is 0 Å². The number of hydrogen-bond donors (Lipinski definition) is 2. The normalized spacial score (nSPS) is 40.7. The summed E-state index contributed by atoms with van der Waals surface area (Å²) in [5.74, 6) is -0.977. The molecule has 0 aromatic heterocycles. The van der Waals surface area contributed by atoms with Crippen LogP contribution in [0.3, 0.4) is 0 Å². The van der Waals surface area contributed by atoms with Gasteiger partial charge in [0.2, 0.25) is 0 Å². The van der Waals surface area contributed by atoms with Crippen LogP contribution in [0, 0.1) is 5.92 Å². The van der Waals surface area contributed by atoms with Gasteiger partial charge >= 0.3 is 5.97 Å². The molecule has 0 bridgehead atoms. The fourth-order valence-corrected chi connectivity index (χ4v) is 3.62. The summed E-state index contributed by atoms with van der Waals surface area (Å²) < 4.78 is 0. The van der Waals surface area contributed by atoms with E-state index in [-0.39, 0.29) is 5.92 Å². The van der Waals surface area contributed by atoms with E-state index < -0.39 is 11.6 Å². The van der Waals surface area contributed by atoms with Crippen LogP contribution in [0.1, 0.15) is 39.5 Å². The Hall–Kier alpha value is -0.650. The van der Waals surface area contributed by atoms with Gasteiger partial charge in [-0.3, -0.25) is 14.6 Å². The van der Waals surface area contributed by atoms with Crippen molar-refractivity contribution >= 4 is 5.97 Å². The Bertz CT molecular complexity index is 341. The molecule has 2 atom stereocenters. The van der Waals surface area contributed by atoms with Crippen molar-refractivity contribution in [3.63, 3.8) is 0 Å². The average Bonchev–Trinajstić information content (AvgIpc) is 2.36. The van der Waals surface area contributed by atoms with Gasteiger partial charge in [-0.2, -0.15) is 0 Å². The number of rotatable bonds is 3. The predicted octanol–water partition coefficient (Wildman–Crippen LogP) is 1.02. The van der Waals surface area contributed by atoms with Crippen molar-refractivity contribution < 1.29 is 15.0 Å². The largest absolute Gasteiger partial charge is 0.481 e. The molecule has 1 aliphatic carbocycles. The summed E-state index contributed by atoms with van der Waals surface area (Å²) in [6, 6.07) is 0.996. The number of piperazine rings is 1. The van der Waals surface area contributed by atoms with Gasteiger partial charge < -0.3 is 10.2 Å². The molecule has 2 N–H and O–H groups in total. The molecule has 0 aromatic carbocycles. The number of aliphatic carboxylic acids is 1. The molecule has 20 heavy (non-hydrogen) atoms. The molecule has 1 saturated heterocycles. The zero-order valence-corrected chi connectivity index (χ0v) is 12.9. The van der Waals surface area contributed by atoms with E-state index in [0.29, 0.717) is 44.3 Å². The molecule has 5 heteroatoms. The fraction of sp³-hybridized carbons (Fsp3) is 0.933. The van der Waals surface area contributed by atoms with E-state index in [0.717, 1.165) is 13.1 Å². The first kappa shape index (κ1) is 15.7. The third-order valence-electron chi connectivity index (χ3n) is 5.22. The van der Waals surface area contributed by atoms with E-state index in [1.54, 1.807) is 0 Å². The summed E-state index contributed by atoms with van der Waals surface area (Å²) >= 11 is 0. The number of carbonyl (C=O) groups is 1. The molecule has 2 rings (SSSR count). The van der Waals surface area contributed by atoms with Crippen LogP contribution in [0.15, 0.2) is 0 Å². The van der Waals surface area contributed by atoms with E-state index in [1.165, 1.54) is 0 Å². The molecule has 5 nitrogen and oxygen atoms in total. The lowest BCUT2D eigenvalue weighted by atomic mass is 9.78. The molecule has 1 saturated carbocycles. The molecule has 0 aromatic rings. The molecule has 0 amide bonds. The second kappa shape index (κ2) is 6.00. The minimum absolute atomic E-state index is 0.263. The highest BCUT2D eigenvalue weighted by atomic mass is 16.4. The van der Waals surface area contributed by atoms with Gasteiger partial charge in [-0.1, -0.05) is 0 Å². The molecule has 1 heterocycles. The molecule has 116 valence electrons. The zero-order valence-electron chi connectivity index (χ0n) is 12.9. The highest BCUT2D eigenvalue weighted by Gasteiger charge is 2.38. The maximum Gasteiger partial charge on any atom is 0.306 e. The van der Waals surface area contributed by atoms with E-state index in [1.807, 2.05) is 0 Å². The third-order valence-corrected chi connectivity index (χ3v) is 5.22. The molecular weight excluding hydrogens is 256 g/mol. The molecule has 0 spiro atoms. The molecule has 2 aliphatic rings. The molecule has 0 radical (unpaired) electrons. The van der Waals surface area contributed by atoms with Gasteiger partial charge in [0.05, 0.1) is 11.5 Å². The minimum atomic E-state index is -0.714. The van der Waals surface area contributed by atoms with Crippen molar-refractivity contribution in [2.24, 2.45) is 5.92 Å². The number of carboxylic acid groups (broad SMARTS) is 1. The first-order valence-corrected chi connectivity index (χ1v) is 7.70. The predicted molar refractivity (Wildman–Crippen MR) is 77.7 cm³/mol. The molecule has 2 fully saturated rings. The highest BCUT2D eigenvalue weighted by molar-refractivity contribution is 5.70. The van der Waals surface area contributed by atoms with Crippen LogP contribution in [0.4, 0.5) is 0 Å². The second-order valence-electron chi connectivity index (χ2n) is 6.89. The fourth-order valence-electron chi connectivity index (χ4n) is 3.62. The minimum Gasteiger partial charge on any atom is -0.481 e. The first-order chi connectivity index (χ1) is 9.31. The Morgan fingerprint density at radius 1 is 1.20 bits per heavy atom. The summed E-state index contributed by atoms with van der Waals surface area (Å²) in [5.41, 5.74) is -0.693. The van der Waals surface area contributed by atoms with Gasteiger partial charge in [0.1, 0.15) is 0 Å². The maximum absolute atomic E-state index is 11.0. The van der Waals surface area contributed by atoms with Crippen molar-refractivity contribution in [2.75, 3.05) is 26.7 Å². The number of β-amino-alcohol motifs (C(OH)–C–C–N with tert-alkyl or cyclic N) is 1.